The number of nitroso groups, excluding NO2 is 1. The van der Waals surface area contributed by atoms with Gasteiger partial charge in [-0.05, 0) is 43.2 Å². The van der Waals surface area contributed by atoms with Gasteiger partial charge in [0.15, 0.2) is 7.05 Å². The molecule has 0 spiro atoms. The summed E-state index contributed by atoms with van der Waals surface area (Å²) in [6.07, 6.45) is 7.16. The summed E-state index contributed by atoms with van der Waals surface area (Å²) in [4.78, 5) is 55.9. The van der Waals surface area contributed by atoms with E-state index in [0.717, 1.165) is 25.7 Å². The zero-order chi connectivity index (χ0) is 27.2. The number of aryl methyl sites for hydroxylation is 1. The molecule has 0 saturated heterocycles. The van der Waals surface area contributed by atoms with Gasteiger partial charge in [0.1, 0.15) is 0 Å². The van der Waals surface area contributed by atoms with Gasteiger partial charge >= 0.3 is 0 Å². The summed E-state index contributed by atoms with van der Waals surface area (Å²) in [6.45, 7) is 4.51. The Kier molecular flexibility index (Phi) is 8.30. The van der Waals surface area contributed by atoms with Crippen LogP contribution in [0.5, 0.6) is 0 Å². The van der Waals surface area contributed by atoms with Crippen molar-refractivity contribution >= 4 is 40.4 Å². The van der Waals surface area contributed by atoms with E-state index in [1.807, 2.05) is 4.90 Å². The van der Waals surface area contributed by atoms with Crippen molar-refractivity contribution in [3.63, 3.8) is 0 Å². The number of aromatic nitrogens is 2. The fourth-order valence-corrected chi connectivity index (χ4v) is 4.90. The number of benzene rings is 2. The number of anilines is 1. The lowest BCUT2D eigenvalue weighted by Crippen LogP contribution is -2.41. The molecule has 2 aromatic carbocycles. The van der Waals surface area contributed by atoms with Crippen LogP contribution >= 0.6 is 0 Å². The number of nitrogens with one attached hydrogen (secondary N) is 1. The monoisotopic (exact) mass is 517 g/mol. The van der Waals surface area contributed by atoms with Crippen LogP contribution in [0.15, 0.2) is 55.1 Å². The highest BCUT2D eigenvalue weighted by molar-refractivity contribution is 6.04. The molecule has 3 amide bonds. The number of carbonyl (C=O) groups excluding carboxylic acids is 3. The minimum absolute atomic E-state index is 0.0499. The summed E-state index contributed by atoms with van der Waals surface area (Å²) in [6, 6.07) is 11.6. The van der Waals surface area contributed by atoms with Crippen LogP contribution in [0.4, 0.5) is 11.6 Å². The Labute approximate surface area is 221 Å². The Morgan fingerprint density at radius 3 is 2.45 bits per heavy atom. The van der Waals surface area contributed by atoms with Gasteiger partial charge in [-0.1, -0.05) is 25.3 Å². The van der Waals surface area contributed by atoms with Crippen LogP contribution in [0.25, 0.3) is 11.0 Å². The highest BCUT2D eigenvalue weighted by atomic mass is 16.3. The Morgan fingerprint density at radius 1 is 1.13 bits per heavy atom. The smallest absolute Gasteiger partial charge is 0.257 e. The number of primary amides is 1. The number of amides is 3. The molecule has 1 saturated carbocycles. The lowest BCUT2D eigenvalue weighted by atomic mass is 9.93. The molecule has 3 N–H and O–H groups in total. The first-order valence-corrected chi connectivity index (χ1v) is 12.8. The van der Waals surface area contributed by atoms with Gasteiger partial charge in [-0.15, -0.1) is 6.58 Å². The van der Waals surface area contributed by atoms with Crippen molar-refractivity contribution in [1.29, 1.82) is 0 Å². The average Bonchev–Trinajstić information content (AvgIpc) is 3.26. The summed E-state index contributed by atoms with van der Waals surface area (Å²) in [5, 5.41) is 2.79. The van der Waals surface area contributed by atoms with Gasteiger partial charge in [-0.25, -0.2) is 4.98 Å². The Balaban J connectivity index is 1.65. The maximum atomic E-state index is 13.5. The summed E-state index contributed by atoms with van der Waals surface area (Å²) < 4.78 is 2.41. The van der Waals surface area contributed by atoms with Crippen LogP contribution in [-0.4, -0.2) is 56.6 Å². The van der Waals surface area contributed by atoms with Gasteiger partial charge in [0, 0.05) is 58.5 Å². The quantitative estimate of drug-likeness (QED) is 0.308. The van der Waals surface area contributed by atoms with Gasteiger partial charge in [0.2, 0.25) is 11.9 Å². The number of rotatable bonds is 10. The molecule has 1 heterocycles. The first kappa shape index (κ1) is 26.7. The molecule has 0 aliphatic heterocycles. The van der Waals surface area contributed by atoms with Crippen molar-refractivity contribution in [3.05, 3.63) is 71.2 Å². The van der Waals surface area contributed by atoms with Gasteiger partial charge in [-0.3, -0.25) is 19.7 Å². The van der Waals surface area contributed by atoms with E-state index >= 15 is 0 Å². The van der Waals surface area contributed by atoms with E-state index in [1.54, 1.807) is 53.1 Å². The number of nitrogens with zero attached hydrogens (tertiary/aromatic N) is 4. The van der Waals surface area contributed by atoms with Gasteiger partial charge in [0.05, 0.1) is 11.0 Å². The number of hydrogen-bond acceptors (Lipinski definition) is 5. The standard InChI is InChI=1S/C28H32N6O4/c1-3-16-33(22-7-5-4-6-8-22)27(37)20-11-14-24-23(18-20)30-28(34(24)17-15-25(29)35)31-26(36)19-9-12-21(13-10-19)32(2)38/h3,9-14,18,22H,1,4-8,15-17H2,2H3,(H2-,29,30,31,35,36)/p+1. The van der Waals surface area contributed by atoms with Crippen molar-refractivity contribution in [2.24, 2.45) is 5.73 Å². The van der Waals surface area contributed by atoms with Crippen LogP contribution in [0.3, 0.4) is 0 Å². The average molecular weight is 518 g/mol. The third-order valence-electron chi connectivity index (χ3n) is 6.90. The molecule has 38 heavy (non-hydrogen) atoms. The number of fused-ring (bicyclic) bond motifs is 1. The molecule has 4 rings (SSSR count). The molecule has 0 radical (unpaired) electrons. The Bertz CT molecular complexity index is 1370. The lowest BCUT2D eigenvalue weighted by molar-refractivity contribution is -0.428. The van der Waals surface area contributed by atoms with E-state index in [1.165, 1.54) is 13.5 Å². The molecular weight excluding hydrogens is 484 g/mol. The minimum Gasteiger partial charge on any atom is -0.370 e. The van der Waals surface area contributed by atoms with Crippen molar-refractivity contribution in [2.45, 2.75) is 51.1 Å². The van der Waals surface area contributed by atoms with Crippen LogP contribution < -0.4 is 11.1 Å². The second kappa shape index (κ2) is 11.8. The zero-order valence-corrected chi connectivity index (χ0v) is 21.6. The predicted octanol–water partition coefficient (Wildman–Crippen LogP) is 4.17. The largest absolute Gasteiger partial charge is 0.370 e. The highest BCUT2D eigenvalue weighted by Crippen LogP contribution is 2.27. The highest BCUT2D eigenvalue weighted by Gasteiger charge is 2.26. The van der Waals surface area contributed by atoms with Crippen LogP contribution in [0, 0.1) is 4.91 Å². The first-order chi connectivity index (χ1) is 18.3. The molecule has 10 nitrogen and oxygen atoms in total. The molecule has 0 unspecified atom stereocenters. The van der Waals surface area contributed by atoms with E-state index < -0.39 is 11.8 Å². The van der Waals surface area contributed by atoms with Crippen molar-refractivity contribution in [3.8, 4) is 0 Å². The second-order valence-corrected chi connectivity index (χ2v) is 9.54. The SMILES string of the molecule is C=CCN(C(=O)c1ccc2c(c1)nc(NC(=O)c1ccc([N+](C)=O)cc1)n2CCC(N)=O)C1CCCCC1. The fourth-order valence-electron chi connectivity index (χ4n) is 4.90. The van der Waals surface area contributed by atoms with Gasteiger partial charge in [-0.2, -0.15) is 0 Å². The molecule has 10 heteroatoms. The van der Waals surface area contributed by atoms with Crippen molar-refractivity contribution in [1.82, 2.24) is 14.5 Å². The summed E-state index contributed by atoms with van der Waals surface area (Å²) in [7, 11) is 1.38. The lowest BCUT2D eigenvalue weighted by Gasteiger charge is -2.33. The van der Waals surface area contributed by atoms with E-state index in [4.69, 9.17) is 5.73 Å². The summed E-state index contributed by atoms with van der Waals surface area (Å²) in [5.74, 6) is -0.761. The third kappa shape index (κ3) is 5.96. The molecule has 0 bridgehead atoms. The fraction of sp³-hybridized carbons (Fsp3) is 0.357. The number of imidazole rings is 1. The first-order valence-electron chi connectivity index (χ1n) is 12.8. The molecule has 1 aliphatic carbocycles. The molecule has 1 fully saturated rings. The topological polar surface area (TPSA) is 130 Å². The maximum Gasteiger partial charge on any atom is 0.257 e. The second-order valence-electron chi connectivity index (χ2n) is 9.54. The van der Waals surface area contributed by atoms with Gasteiger partial charge in [0.25, 0.3) is 17.5 Å². The van der Waals surface area contributed by atoms with E-state index in [0.29, 0.717) is 39.2 Å². The van der Waals surface area contributed by atoms with E-state index in [-0.39, 0.29) is 30.9 Å². The normalized spacial score (nSPS) is 13.7. The zero-order valence-electron chi connectivity index (χ0n) is 21.6. The molecule has 1 aliphatic rings. The maximum absolute atomic E-state index is 13.5. The van der Waals surface area contributed by atoms with Crippen LogP contribution in [-0.2, 0) is 11.3 Å². The Hall–Kier alpha value is -4.34. The van der Waals surface area contributed by atoms with E-state index in [9.17, 15) is 19.3 Å². The van der Waals surface area contributed by atoms with E-state index in [2.05, 4.69) is 16.9 Å². The molecule has 1 aromatic heterocycles. The molecule has 198 valence electrons. The number of nitrogens with two attached hydrogens (primary N) is 1. The third-order valence-corrected chi connectivity index (χ3v) is 6.90. The Morgan fingerprint density at radius 2 is 1.82 bits per heavy atom. The van der Waals surface area contributed by atoms with Crippen LogP contribution in [0.1, 0.15) is 59.2 Å². The predicted molar refractivity (Wildman–Crippen MR) is 145 cm³/mol. The van der Waals surface area contributed by atoms with Crippen LogP contribution in [0.2, 0.25) is 0 Å². The molecular formula is C28H33N6O4+. The van der Waals surface area contributed by atoms with Crippen molar-refractivity contribution in [2.75, 3.05) is 18.9 Å². The summed E-state index contributed by atoms with van der Waals surface area (Å²) in [5.41, 5.74) is 7.82. The molecule has 0 atom stereocenters. The van der Waals surface area contributed by atoms with Gasteiger partial charge < -0.3 is 15.2 Å². The minimum atomic E-state index is -0.485. The number of hydrogen-bond donors (Lipinski definition) is 2. The molecule has 3 aromatic rings. The number of carbonyl (C=O) groups is 3. The van der Waals surface area contributed by atoms with Crippen molar-refractivity contribution < 1.29 is 19.1 Å². The summed E-state index contributed by atoms with van der Waals surface area (Å²) >= 11 is 0.